The van der Waals surface area contributed by atoms with E-state index in [2.05, 4.69) is 19.2 Å². The minimum atomic E-state index is -0.262. The Morgan fingerprint density at radius 2 is 1.84 bits per heavy atom. The zero-order valence-corrected chi connectivity index (χ0v) is 12.7. The van der Waals surface area contributed by atoms with Gasteiger partial charge in [-0.15, -0.1) is 0 Å². The summed E-state index contributed by atoms with van der Waals surface area (Å²) in [7, 11) is 3.32. The first-order valence-electron chi connectivity index (χ1n) is 7.06. The quantitative estimate of drug-likeness (QED) is 0.708. The summed E-state index contributed by atoms with van der Waals surface area (Å²) in [6, 6.07) is 0. The van der Waals surface area contributed by atoms with E-state index in [0.29, 0.717) is 32.2 Å². The summed E-state index contributed by atoms with van der Waals surface area (Å²) < 4.78 is 10.2. The summed E-state index contributed by atoms with van der Waals surface area (Å²) in [5.74, 6) is 0.573. The molecule has 5 nitrogen and oxygen atoms in total. The lowest BCUT2D eigenvalue weighted by Gasteiger charge is -2.36. The van der Waals surface area contributed by atoms with Crippen LogP contribution in [-0.4, -0.2) is 64.4 Å². The molecule has 1 fully saturated rings. The van der Waals surface area contributed by atoms with Gasteiger partial charge in [0.25, 0.3) is 0 Å². The maximum absolute atomic E-state index is 12.9. The number of methoxy groups -OCH3 is 2. The Morgan fingerprint density at radius 1 is 1.26 bits per heavy atom. The highest BCUT2D eigenvalue weighted by Gasteiger charge is 2.45. The fraction of sp³-hybridized carbons (Fsp3) is 0.929. The first-order chi connectivity index (χ1) is 9.08. The standard InChI is InChI=1S/C14H28N2O3/c1-12(2)14(5-6-15-11-14)13(17)16(7-9-18-3)8-10-19-4/h12,15H,5-11H2,1-4H3. The van der Waals surface area contributed by atoms with Crippen LogP contribution < -0.4 is 5.32 Å². The second-order valence-electron chi connectivity index (χ2n) is 5.52. The summed E-state index contributed by atoms with van der Waals surface area (Å²) in [6.45, 7) is 8.37. The third-order valence-corrected chi connectivity index (χ3v) is 4.14. The van der Waals surface area contributed by atoms with Gasteiger partial charge in [0, 0.05) is 33.9 Å². The molecule has 0 radical (unpaired) electrons. The monoisotopic (exact) mass is 272 g/mol. The Hall–Kier alpha value is -0.650. The van der Waals surface area contributed by atoms with Gasteiger partial charge in [-0.3, -0.25) is 4.79 Å². The Labute approximate surface area is 116 Å². The first kappa shape index (κ1) is 16.4. The fourth-order valence-electron chi connectivity index (χ4n) is 2.67. The van der Waals surface area contributed by atoms with Crippen molar-refractivity contribution in [3.05, 3.63) is 0 Å². The molecule has 1 aliphatic heterocycles. The number of nitrogens with one attached hydrogen (secondary N) is 1. The molecule has 1 amide bonds. The number of carbonyl (C=O) groups excluding carboxylic acids is 1. The molecule has 1 atom stereocenters. The van der Waals surface area contributed by atoms with Gasteiger partial charge in [0.2, 0.25) is 5.91 Å². The van der Waals surface area contributed by atoms with E-state index < -0.39 is 0 Å². The van der Waals surface area contributed by atoms with E-state index in [0.717, 1.165) is 19.5 Å². The topological polar surface area (TPSA) is 50.8 Å². The number of ether oxygens (including phenoxy) is 2. The van der Waals surface area contributed by atoms with Gasteiger partial charge in [0.1, 0.15) is 0 Å². The zero-order chi connectivity index (χ0) is 14.3. The summed E-state index contributed by atoms with van der Waals surface area (Å²) in [6.07, 6.45) is 0.917. The third-order valence-electron chi connectivity index (χ3n) is 4.14. The van der Waals surface area contributed by atoms with Crippen molar-refractivity contribution in [2.45, 2.75) is 20.3 Å². The number of amides is 1. The van der Waals surface area contributed by atoms with E-state index in [1.54, 1.807) is 14.2 Å². The van der Waals surface area contributed by atoms with E-state index in [4.69, 9.17) is 9.47 Å². The van der Waals surface area contributed by atoms with E-state index >= 15 is 0 Å². The molecule has 0 spiro atoms. The van der Waals surface area contributed by atoms with Crippen molar-refractivity contribution in [1.82, 2.24) is 10.2 Å². The van der Waals surface area contributed by atoms with Crippen LogP contribution in [0.3, 0.4) is 0 Å². The first-order valence-corrected chi connectivity index (χ1v) is 7.06. The Kier molecular flexibility index (Phi) is 6.75. The van der Waals surface area contributed by atoms with Crippen LogP contribution in [0, 0.1) is 11.3 Å². The van der Waals surface area contributed by atoms with Crippen molar-refractivity contribution in [2.24, 2.45) is 11.3 Å². The van der Waals surface area contributed by atoms with Crippen molar-refractivity contribution >= 4 is 5.91 Å². The third kappa shape index (κ3) is 3.91. The Balaban J connectivity index is 2.77. The van der Waals surface area contributed by atoms with Crippen LogP contribution in [0.25, 0.3) is 0 Å². The predicted octanol–water partition coefficient (Wildman–Crippen LogP) is 0.744. The van der Waals surface area contributed by atoms with Crippen molar-refractivity contribution < 1.29 is 14.3 Å². The number of carbonyl (C=O) groups is 1. The molecule has 1 saturated heterocycles. The molecule has 1 unspecified atom stereocenters. The summed E-state index contributed by atoms with van der Waals surface area (Å²) in [5, 5.41) is 3.33. The highest BCUT2D eigenvalue weighted by atomic mass is 16.5. The predicted molar refractivity (Wildman–Crippen MR) is 75.1 cm³/mol. The minimum Gasteiger partial charge on any atom is -0.383 e. The molecule has 112 valence electrons. The molecular weight excluding hydrogens is 244 g/mol. The second kappa shape index (κ2) is 7.82. The number of hydrogen-bond donors (Lipinski definition) is 1. The summed E-state index contributed by atoms with van der Waals surface area (Å²) >= 11 is 0. The number of nitrogens with zero attached hydrogens (tertiary/aromatic N) is 1. The molecule has 1 heterocycles. The average Bonchev–Trinajstić information content (AvgIpc) is 2.89. The molecule has 5 heteroatoms. The van der Waals surface area contributed by atoms with Gasteiger partial charge in [-0.1, -0.05) is 13.8 Å². The lowest BCUT2D eigenvalue weighted by molar-refractivity contribution is -0.145. The van der Waals surface area contributed by atoms with Crippen molar-refractivity contribution in [2.75, 3.05) is 53.6 Å². The average molecular weight is 272 g/mol. The number of hydrogen-bond acceptors (Lipinski definition) is 4. The van der Waals surface area contributed by atoms with Gasteiger partial charge in [0.05, 0.1) is 18.6 Å². The van der Waals surface area contributed by atoms with Crippen LogP contribution in [0.4, 0.5) is 0 Å². The molecule has 19 heavy (non-hydrogen) atoms. The maximum Gasteiger partial charge on any atom is 0.230 e. The van der Waals surface area contributed by atoms with E-state index in [1.807, 2.05) is 4.90 Å². The summed E-state index contributed by atoms with van der Waals surface area (Å²) in [5.41, 5.74) is -0.262. The van der Waals surface area contributed by atoms with Crippen LogP contribution in [0.5, 0.6) is 0 Å². The van der Waals surface area contributed by atoms with Crippen LogP contribution in [0.1, 0.15) is 20.3 Å². The van der Waals surface area contributed by atoms with Gasteiger partial charge in [-0.2, -0.15) is 0 Å². The summed E-state index contributed by atoms with van der Waals surface area (Å²) in [4.78, 5) is 14.8. The molecular formula is C14H28N2O3. The highest BCUT2D eigenvalue weighted by molar-refractivity contribution is 5.83. The molecule has 0 aromatic heterocycles. The maximum atomic E-state index is 12.9. The Bertz CT molecular complexity index is 268. The lowest BCUT2D eigenvalue weighted by Crippen LogP contribution is -2.50. The van der Waals surface area contributed by atoms with Crippen LogP contribution in [0.2, 0.25) is 0 Å². The molecule has 1 N–H and O–H groups in total. The lowest BCUT2D eigenvalue weighted by atomic mass is 9.75. The largest absolute Gasteiger partial charge is 0.383 e. The SMILES string of the molecule is COCCN(CCOC)C(=O)C1(C(C)C)CCNC1. The Morgan fingerprint density at radius 3 is 2.21 bits per heavy atom. The zero-order valence-electron chi connectivity index (χ0n) is 12.7. The minimum absolute atomic E-state index is 0.238. The van der Waals surface area contributed by atoms with Crippen molar-refractivity contribution in [3.8, 4) is 0 Å². The van der Waals surface area contributed by atoms with Gasteiger partial charge >= 0.3 is 0 Å². The number of rotatable bonds is 8. The molecule has 0 bridgehead atoms. The van der Waals surface area contributed by atoms with E-state index in [1.165, 1.54) is 0 Å². The normalized spacial score (nSPS) is 23.0. The van der Waals surface area contributed by atoms with Crippen molar-refractivity contribution in [1.29, 1.82) is 0 Å². The van der Waals surface area contributed by atoms with Crippen LogP contribution >= 0.6 is 0 Å². The smallest absolute Gasteiger partial charge is 0.230 e. The highest BCUT2D eigenvalue weighted by Crippen LogP contribution is 2.36. The molecule has 0 aliphatic carbocycles. The molecule has 0 saturated carbocycles. The molecule has 1 rings (SSSR count). The van der Waals surface area contributed by atoms with Gasteiger partial charge in [0.15, 0.2) is 0 Å². The van der Waals surface area contributed by atoms with Gasteiger partial charge in [-0.05, 0) is 18.9 Å². The second-order valence-corrected chi connectivity index (χ2v) is 5.52. The molecule has 0 aromatic carbocycles. The van der Waals surface area contributed by atoms with E-state index in [9.17, 15) is 4.79 Å². The van der Waals surface area contributed by atoms with Gasteiger partial charge < -0.3 is 19.7 Å². The van der Waals surface area contributed by atoms with Gasteiger partial charge in [-0.25, -0.2) is 0 Å². The van der Waals surface area contributed by atoms with E-state index in [-0.39, 0.29) is 11.3 Å². The van der Waals surface area contributed by atoms with Crippen LogP contribution in [0.15, 0.2) is 0 Å². The molecule has 0 aromatic rings. The van der Waals surface area contributed by atoms with Crippen LogP contribution in [-0.2, 0) is 14.3 Å². The fourth-order valence-corrected chi connectivity index (χ4v) is 2.67. The molecule has 1 aliphatic rings. The van der Waals surface area contributed by atoms with Crippen molar-refractivity contribution in [3.63, 3.8) is 0 Å².